The van der Waals surface area contributed by atoms with Crippen molar-refractivity contribution in [2.24, 2.45) is 0 Å². The SMILES string of the molecule is COC1CCN(C(=O)c2ccc(C)c(NC(=O)C3COc4ccccc4O3)c2)CC1. The zero-order valence-electron chi connectivity index (χ0n) is 17.2. The molecule has 1 fully saturated rings. The molecule has 1 unspecified atom stereocenters. The molecule has 7 heteroatoms. The summed E-state index contributed by atoms with van der Waals surface area (Å²) in [7, 11) is 1.71. The summed E-state index contributed by atoms with van der Waals surface area (Å²) in [5.41, 5.74) is 2.02. The maximum atomic E-state index is 12.9. The van der Waals surface area contributed by atoms with Crippen LogP contribution in [-0.2, 0) is 9.53 Å². The molecule has 2 aromatic rings. The summed E-state index contributed by atoms with van der Waals surface area (Å²) in [5, 5.41) is 2.89. The Morgan fingerprint density at radius 3 is 2.57 bits per heavy atom. The van der Waals surface area contributed by atoms with Crippen molar-refractivity contribution in [3.05, 3.63) is 53.6 Å². The van der Waals surface area contributed by atoms with Crippen molar-refractivity contribution >= 4 is 17.5 Å². The van der Waals surface area contributed by atoms with E-state index >= 15 is 0 Å². The highest BCUT2D eigenvalue weighted by Crippen LogP contribution is 2.31. The molecule has 2 heterocycles. The first kappa shape index (κ1) is 20.2. The van der Waals surface area contributed by atoms with E-state index in [-0.39, 0.29) is 24.5 Å². The lowest BCUT2D eigenvalue weighted by atomic mass is 10.0. The number of para-hydroxylation sites is 2. The highest BCUT2D eigenvalue weighted by molar-refractivity contribution is 5.99. The van der Waals surface area contributed by atoms with Gasteiger partial charge in [0.1, 0.15) is 6.61 Å². The number of amides is 2. The molecule has 0 spiro atoms. The van der Waals surface area contributed by atoms with E-state index in [1.165, 1.54) is 0 Å². The zero-order valence-corrected chi connectivity index (χ0v) is 17.2. The lowest BCUT2D eigenvalue weighted by molar-refractivity contribution is -0.125. The van der Waals surface area contributed by atoms with Crippen LogP contribution in [0.4, 0.5) is 5.69 Å². The van der Waals surface area contributed by atoms with E-state index in [0.29, 0.717) is 35.8 Å². The number of rotatable bonds is 4. The van der Waals surface area contributed by atoms with Gasteiger partial charge >= 0.3 is 0 Å². The number of carbonyl (C=O) groups is 2. The Balaban J connectivity index is 1.43. The van der Waals surface area contributed by atoms with Crippen molar-refractivity contribution in [3.63, 3.8) is 0 Å². The quantitative estimate of drug-likeness (QED) is 0.839. The number of likely N-dealkylation sites (tertiary alicyclic amines) is 1. The summed E-state index contributed by atoms with van der Waals surface area (Å²) >= 11 is 0. The van der Waals surface area contributed by atoms with Crippen molar-refractivity contribution in [3.8, 4) is 11.5 Å². The number of methoxy groups -OCH3 is 1. The molecular weight excluding hydrogens is 384 g/mol. The minimum Gasteiger partial charge on any atom is -0.485 e. The molecule has 1 saturated heterocycles. The Morgan fingerprint density at radius 1 is 1.10 bits per heavy atom. The molecule has 0 aromatic heterocycles. The molecule has 0 aliphatic carbocycles. The Morgan fingerprint density at radius 2 is 1.83 bits per heavy atom. The molecular formula is C23H26N2O5. The highest BCUT2D eigenvalue weighted by Gasteiger charge is 2.28. The van der Waals surface area contributed by atoms with Crippen LogP contribution in [0.15, 0.2) is 42.5 Å². The lowest BCUT2D eigenvalue weighted by Gasteiger charge is -2.31. The highest BCUT2D eigenvalue weighted by atomic mass is 16.6. The summed E-state index contributed by atoms with van der Waals surface area (Å²) in [5.74, 6) is 0.830. The van der Waals surface area contributed by atoms with Gasteiger partial charge in [-0.25, -0.2) is 0 Å². The van der Waals surface area contributed by atoms with Crippen LogP contribution in [0.25, 0.3) is 0 Å². The van der Waals surface area contributed by atoms with E-state index < -0.39 is 6.10 Å². The van der Waals surface area contributed by atoms with Crippen molar-refractivity contribution in [2.45, 2.75) is 32.0 Å². The van der Waals surface area contributed by atoms with E-state index in [0.717, 1.165) is 18.4 Å². The van der Waals surface area contributed by atoms with Crippen LogP contribution in [0.2, 0.25) is 0 Å². The van der Waals surface area contributed by atoms with Crippen molar-refractivity contribution < 1.29 is 23.8 Å². The Labute approximate surface area is 175 Å². The fourth-order valence-electron chi connectivity index (χ4n) is 3.73. The number of nitrogens with zero attached hydrogens (tertiary/aromatic N) is 1. The number of nitrogens with one attached hydrogen (secondary N) is 1. The van der Waals surface area contributed by atoms with Gasteiger partial charge in [-0.05, 0) is 49.6 Å². The predicted octanol–water partition coefficient (Wildman–Crippen LogP) is 3.02. The Hall–Kier alpha value is -3.06. The fraction of sp³-hybridized carbons (Fsp3) is 0.391. The summed E-state index contributed by atoms with van der Waals surface area (Å²) < 4.78 is 16.8. The van der Waals surface area contributed by atoms with Crippen LogP contribution in [0, 0.1) is 6.92 Å². The van der Waals surface area contributed by atoms with Gasteiger partial charge in [-0.15, -0.1) is 0 Å². The zero-order chi connectivity index (χ0) is 21.1. The summed E-state index contributed by atoms with van der Waals surface area (Å²) in [6.45, 7) is 3.36. The minimum atomic E-state index is -0.758. The molecule has 0 radical (unpaired) electrons. The molecule has 1 N–H and O–H groups in total. The number of fused-ring (bicyclic) bond motifs is 1. The van der Waals surface area contributed by atoms with Gasteiger partial charge in [0.15, 0.2) is 11.5 Å². The van der Waals surface area contributed by atoms with Gasteiger partial charge in [-0.2, -0.15) is 0 Å². The third-order valence-corrected chi connectivity index (χ3v) is 5.61. The number of carbonyl (C=O) groups excluding carboxylic acids is 2. The van der Waals surface area contributed by atoms with Gasteiger partial charge in [0.25, 0.3) is 11.8 Å². The number of anilines is 1. The van der Waals surface area contributed by atoms with Crippen LogP contribution in [-0.4, -0.2) is 55.7 Å². The minimum absolute atomic E-state index is 0.0359. The predicted molar refractivity (Wildman–Crippen MR) is 112 cm³/mol. The first-order valence-electron chi connectivity index (χ1n) is 10.2. The first-order chi connectivity index (χ1) is 14.5. The maximum Gasteiger partial charge on any atom is 0.269 e. The maximum absolute atomic E-state index is 12.9. The second kappa shape index (κ2) is 8.75. The third kappa shape index (κ3) is 4.26. The molecule has 2 amide bonds. The van der Waals surface area contributed by atoms with Gasteiger partial charge < -0.3 is 24.4 Å². The third-order valence-electron chi connectivity index (χ3n) is 5.61. The van der Waals surface area contributed by atoms with Crippen molar-refractivity contribution in [1.82, 2.24) is 4.90 Å². The van der Waals surface area contributed by atoms with Crippen molar-refractivity contribution in [2.75, 3.05) is 32.1 Å². The van der Waals surface area contributed by atoms with Gasteiger partial charge in [-0.3, -0.25) is 9.59 Å². The smallest absolute Gasteiger partial charge is 0.269 e. The first-order valence-corrected chi connectivity index (χ1v) is 10.2. The normalized spacial score (nSPS) is 18.7. The number of hydrogen-bond donors (Lipinski definition) is 1. The molecule has 4 rings (SSSR count). The second-order valence-electron chi connectivity index (χ2n) is 7.61. The standard InChI is InChI=1S/C23H26N2O5/c1-15-7-8-16(23(27)25-11-9-17(28-2)10-12-25)13-18(15)24-22(26)21-14-29-19-5-3-4-6-20(19)30-21/h3-8,13,17,21H,9-12,14H2,1-2H3,(H,24,26). The number of ether oxygens (including phenoxy) is 3. The van der Waals surface area contributed by atoms with E-state index in [1.54, 1.807) is 31.4 Å². The lowest BCUT2D eigenvalue weighted by Crippen LogP contribution is -2.41. The number of hydrogen-bond acceptors (Lipinski definition) is 5. The number of piperidine rings is 1. The topological polar surface area (TPSA) is 77.1 Å². The van der Waals surface area contributed by atoms with Crippen molar-refractivity contribution in [1.29, 1.82) is 0 Å². The summed E-state index contributed by atoms with van der Waals surface area (Å²) in [6.07, 6.45) is 1.12. The van der Waals surface area contributed by atoms with Gasteiger partial charge in [0.05, 0.1) is 6.10 Å². The average molecular weight is 410 g/mol. The van der Waals surface area contributed by atoms with Crippen LogP contribution in [0.5, 0.6) is 11.5 Å². The van der Waals surface area contributed by atoms with Crippen LogP contribution in [0.1, 0.15) is 28.8 Å². The van der Waals surface area contributed by atoms with E-state index in [4.69, 9.17) is 14.2 Å². The van der Waals surface area contributed by atoms with Crippen LogP contribution >= 0.6 is 0 Å². The molecule has 158 valence electrons. The Bertz CT molecular complexity index is 937. The molecule has 2 aromatic carbocycles. The Kier molecular flexibility index (Phi) is 5.90. The monoisotopic (exact) mass is 410 g/mol. The molecule has 0 bridgehead atoms. The molecule has 2 aliphatic heterocycles. The van der Waals surface area contributed by atoms with E-state index in [2.05, 4.69) is 5.32 Å². The van der Waals surface area contributed by atoms with E-state index in [9.17, 15) is 9.59 Å². The molecule has 2 aliphatic rings. The number of aryl methyl sites for hydroxylation is 1. The molecule has 30 heavy (non-hydrogen) atoms. The average Bonchev–Trinajstić information content (AvgIpc) is 2.79. The van der Waals surface area contributed by atoms with Gasteiger partial charge in [-0.1, -0.05) is 18.2 Å². The van der Waals surface area contributed by atoms with Gasteiger partial charge in [0, 0.05) is 31.5 Å². The largest absolute Gasteiger partial charge is 0.485 e. The summed E-state index contributed by atoms with van der Waals surface area (Å²) in [6, 6.07) is 12.6. The van der Waals surface area contributed by atoms with E-state index in [1.807, 2.05) is 30.0 Å². The number of benzene rings is 2. The molecule has 7 nitrogen and oxygen atoms in total. The van der Waals surface area contributed by atoms with Crippen LogP contribution in [0.3, 0.4) is 0 Å². The fourth-order valence-corrected chi connectivity index (χ4v) is 3.73. The van der Waals surface area contributed by atoms with Crippen LogP contribution < -0.4 is 14.8 Å². The molecule has 1 atom stereocenters. The van der Waals surface area contributed by atoms with Gasteiger partial charge in [0.2, 0.25) is 6.10 Å². The molecule has 0 saturated carbocycles. The summed E-state index contributed by atoms with van der Waals surface area (Å²) in [4.78, 5) is 27.5. The second-order valence-corrected chi connectivity index (χ2v) is 7.61.